The van der Waals surface area contributed by atoms with Crippen molar-refractivity contribution in [2.45, 2.75) is 25.6 Å². The van der Waals surface area contributed by atoms with Gasteiger partial charge in [-0.1, -0.05) is 18.2 Å². The number of rotatable bonds is 3. The van der Waals surface area contributed by atoms with E-state index in [0.29, 0.717) is 0 Å². The summed E-state index contributed by atoms with van der Waals surface area (Å²) in [5.41, 5.74) is -1.16. The van der Waals surface area contributed by atoms with Crippen LogP contribution in [0.15, 0.2) is 24.3 Å². The summed E-state index contributed by atoms with van der Waals surface area (Å²) in [5, 5.41) is 9.51. The third-order valence-corrected chi connectivity index (χ3v) is 2.11. The highest BCUT2D eigenvalue weighted by atomic mass is 19.4. The van der Waals surface area contributed by atoms with Crippen LogP contribution in [0.3, 0.4) is 0 Å². The quantitative estimate of drug-likeness (QED) is 0.869. The molecule has 5 heteroatoms. The van der Waals surface area contributed by atoms with Crippen molar-refractivity contribution in [2.24, 2.45) is 0 Å². The van der Waals surface area contributed by atoms with Crippen LogP contribution in [0, 0.1) is 0 Å². The van der Waals surface area contributed by atoms with Crippen LogP contribution in [0.25, 0.3) is 0 Å². The minimum atomic E-state index is -4.52. The summed E-state index contributed by atoms with van der Waals surface area (Å²) in [6, 6.07) is 4.70. The van der Waals surface area contributed by atoms with Crippen molar-refractivity contribution in [2.75, 3.05) is 0 Å². The molecule has 0 saturated carbocycles. The molecule has 0 saturated heterocycles. The second-order valence-electron chi connectivity index (χ2n) is 3.51. The maximum absolute atomic E-state index is 12.6. The lowest BCUT2D eigenvalue weighted by Gasteiger charge is -2.16. The lowest BCUT2D eigenvalue weighted by atomic mass is 9.99. The number of hydrogen-bond acceptors (Lipinski definition) is 2. The highest BCUT2D eigenvalue weighted by Gasteiger charge is 2.34. The van der Waals surface area contributed by atoms with Crippen molar-refractivity contribution < 1.29 is 23.1 Å². The van der Waals surface area contributed by atoms with Crippen molar-refractivity contribution in [3.8, 4) is 0 Å². The average Bonchev–Trinajstić information content (AvgIpc) is 2.15. The van der Waals surface area contributed by atoms with Crippen LogP contribution in [0.1, 0.15) is 30.6 Å². The van der Waals surface area contributed by atoms with E-state index in [1.54, 1.807) is 0 Å². The zero-order chi connectivity index (χ0) is 12.3. The first-order valence-corrected chi connectivity index (χ1v) is 4.66. The molecule has 0 aliphatic carbocycles. The Hall–Kier alpha value is -1.36. The molecule has 16 heavy (non-hydrogen) atoms. The average molecular weight is 232 g/mol. The number of hydrogen-bond donors (Lipinski definition) is 1. The molecule has 0 radical (unpaired) electrons. The SMILES string of the molecule is CC(=O)C[C@H](O)c1ccccc1C(F)(F)F. The summed E-state index contributed by atoms with van der Waals surface area (Å²) in [7, 11) is 0. The Kier molecular flexibility index (Phi) is 3.70. The van der Waals surface area contributed by atoms with Gasteiger partial charge in [0.05, 0.1) is 11.7 Å². The van der Waals surface area contributed by atoms with Gasteiger partial charge in [-0.05, 0) is 18.6 Å². The van der Waals surface area contributed by atoms with Gasteiger partial charge in [0, 0.05) is 6.42 Å². The van der Waals surface area contributed by atoms with Gasteiger partial charge in [-0.2, -0.15) is 13.2 Å². The molecule has 88 valence electrons. The van der Waals surface area contributed by atoms with Gasteiger partial charge in [-0.25, -0.2) is 0 Å². The predicted molar refractivity (Wildman–Crippen MR) is 51.7 cm³/mol. The fourth-order valence-electron chi connectivity index (χ4n) is 1.43. The number of benzene rings is 1. The number of carbonyl (C=O) groups excluding carboxylic acids is 1. The second kappa shape index (κ2) is 4.65. The van der Waals surface area contributed by atoms with Crippen LogP contribution in [-0.4, -0.2) is 10.9 Å². The van der Waals surface area contributed by atoms with Crippen molar-refractivity contribution in [3.05, 3.63) is 35.4 Å². The molecule has 1 aromatic carbocycles. The smallest absolute Gasteiger partial charge is 0.388 e. The molecule has 1 N–H and O–H groups in total. The lowest BCUT2D eigenvalue weighted by Crippen LogP contribution is -2.13. The highest BCUT2D eigenvalue weighted by Crippen LogP contribution is 2.35. The van der Waals surface area contributed by atoms with Gasteiger partial charge < -0.3 is 5.11 Å². The molecular formula is C11H11F3O2. The van der Waals surface area contributed by atoms with Crippen LogP contribution >= 0.6 is 0 Å². The fraction of sp³-hybridized carbons (Fsp3) is 0.364. The minimum Gasteiger partial charge on any atom is -0.388 e. The molecule has 1 atom stereocenters. The normalized spacial score (nSPS) is 13.6. The maximum Gasteiger partial charge on any atom is 0.416 e. The zero-order valence-corrected chi connectivity index (χ0v) is 8.58. The number of halogens is 3. The van der Waals surface area contributed by atoms with Crippen LogP contribution in [0.5, 0.6) is 0 Å². The molecule has 0 fully saturated rings. The van der Waals surface area contributed by atoms with Gasteiger partial charge in [0.2, 0.25) is 0 Å². The molecule has 1 rings (SSSR count). The summed E-state index contributed by atoms with van der Waals surface area (Å²) >= 11 is 0. The van der Waals surface area contributed by atoms with E-state index in [-0.39, 0.29) is 17.8 Å². The topological polar surface area (TPSA) is 37.3 Å². The number of alkyl halides is 3. The summed E-state index contributed by atoms with van der Waals surface area (Å²) in [4.78, 5) is 10.7. The Morgan fingerprint density at radius 2 is 1.94 bits per heavy atom. The largest absolute Gasteiger partial charge is 0.416 e. The lowest BCUT2D eigenvalue weighted by molar-refractivity contribution is -0.139. The summed E-state index contributed by atoms with van der Waals surface area (Å²) in [5.74, 6) is -0.357. The molecular weight excluding hydrogens is 221 g/mol. The number of carbonyl (C=O) groups is 1. The Morgan fingerprint density at radius 3 is 2.44 bits per heavy atom. The Labute approximate surface area is 90.7 Å². The summed E-state index contributed by atoms with van der Waals surface area (Å²) in [6.45, 7) is 1.22. The molecule has 0 amide bonds. The minimum absolute atomic E-state index is 0.259. The Morgan fingerprint density at radius 1 is 1.38 bits per heavy atom. The first kappa shape index (κ1) is 12.7. The van der Waals surface area contributed by atoms with Crippen LogP contribution in [0.2, 0.25) is 0 Å². The fourth-order valence-corrected chi connectivity index (χ4v) is 1.43. The zero-order valence-electron chi connectivity index (χ0n) is 8.58. The highest BCUT2D eigenvalue weighted by molar-refractivity contribution is 5.76. The first-order valence-electron chi connectivity index (χ1n) is 4.66. The van der Waals surface area contributed by atoms with E-state index in [9.17, 15) is 23.1 Å². The Balaban J connectivity index is 3.08. The van der Waals surface area contributed by atoms with E-state index in [1.807, 2.05) is 0 Å². The van der Waals surface area contributed by atoms with Crippen molar-refractivity contribution >= 4 is 5.78 Å². The molecule has 2 nitrogen and oxygen atoms in total. The summed E-state index contributed by atoms with van der Waals surface area (Å²) < 4.78 is 37.7. The van der Waals surface area contributed by atoms with Crippen LogP contribution in [-0.2, 0) is 11.0 Å². The maximum atomic E-state index is 12.6. The van der Waals surface area contributed by atoms with Crippen molar-refractivity contribution in [1.29, 1.82) is 0 Å². The molecule has 0 aromatic heterocycles. The monoisotopic (exact) mass is 232 g/mol. The van der Waals surface area contributed by atoms with Gasteiger partial charge in [0.15, 0.2) is 0 Å². The van der Waals surface area contributed by atoms with E-state index >= 15 is 0 Å². The third-order valence-electron chi connectivity index (χ3n) is 2.11. The van der Waals surface area contributed by atoms with Crippen molar-refractivity contribution in [1.82, 2.24) is 0 Å². The van der Waals surface area contributed by atoms with E-state index in [0.717, 1.165) is 6.07 Å². The molecule has 0 aliphatic rings. The van der Waals surface area contributed by atoms with Gasteiger partial charge in [-0.3, -0.25) is 4.79 Å². The third kappa shape index (κ3) is 3.06. The molecule has 0 bridgehead atoms. The Bertz CT molecular complexity index is 385. The van der Waals surface area contributed by atoms with Gasteiger partial charge in [-0.15, -0.1) is 0 Å². The molecule has 0 heterocycles. The summed E-state index contributed by atoms with van der Waals surface area (Å²) in [6.07, 6.45) is -6.24. The second-order valence-corrected chi connectivity index (χ2v) is 3.51. The van der Waals surface area contributed by atoms with E-state index < -0.39 is 17.8 Å². The van der Waals surface area contributed by atoms with Gasteiger partial charge in [0.25, 0.3) is 0 Å². The van der Waals surface area contributed by atoms with E-state index in [4.69, 9.17) is 0 Å². The van der Waals surface area contributed by atoms with Crippen molar-refractivity contribution in [3.63, 3.8) is 0 Å². The molecule has 0 spiro atoms. The number of ketones is 1. The number of Topliss-reactive ketones (excluding diaryl/α,β-unsaturated/α-hetero) is 1. The molecule has 1 aromatic rings. The van der Waals surface area contributed by atoms with Gasteiger partial charge >= 0.3 is 6.18 Å². The van der Waals surface area contributed by atoms with E-state index in [1.165, 1.54) is 25.1 Å². The standard InChI is InChI=1S/C11H11F3O2/c1-7(15)6-10(16)8-4-2-3-5-9(8)11(12,13)14/h2-5,10,16H,6H2,1H3/t10-/m0/s1. The van der Waals surface area contributed by atoms with Gasteiger partial charge in [0.1, 0.15) is 5.78 Å². The number of aliphatic hydroxyl groups is 1. The van der Waals surface area contributed by atoms with Crippen LogP contribution in [0.4, 0.5) is 13.2 Å². The predicted octanol–water partition coefficient (Wildman–Crippen LogP) is 2.72. The molecule has 0 aliphatic heterocycles. The van der Waals surface area contributed by atoms with E-state index in [2.05, 4.69) is 0 Å². The first-order chi connectivity index (χ1) is 7.32. The van der Waals surface area contributed by atoms with Crippen LogP contribution < -0.4 is 0 Å². The number of aliphatic hydroxyl groups excluding tert-OH is 1. The molecule has 0 unspecified atom stereocenters.